The first-order chi connectivity index (χ1) is 8.66. The van der Waals surface area contributed by atoms with E-state index in [1.807, 2.05) is 0 Å². The summed E-state index contributed by atoms with van der Waals surface area (Å²) in [6.07, 6.45) is 1.71. The summed E-state index contributed by atoms with van der Waals surface area (Å²) in [5.74, 6) is 0.330. The summed E-state index contributed by atoms with van der Waals surface area (Å²) in [5, 5.41) is 3.59. The Kier molecular flexibility index (Phi) is 2.86. The quantitative estimate of drug-likeness (QED) is 0.819. The molecule has 0 saturated carbocycles. The van der Waals surface area contributed by atoms with Crippen LogP contribution in [0.1, 0.15) is 35.6 Å². The van der Waals surface area contributed by atoms with Crippen LogP contribution in [0.4, 0.5) is 0 Å². The highest BCUT2D eigenvalue weighted by Gasteiger charge is 2.39. The van der Waals surface area contributed by atoms with Crippen molar-refractivity contribution < 1.29 is 4.79 Å². The minimum atomic E-state index is 0.311. The highest BCUT2D eigenvalue weighted by molar-refractivity contribution is 5.79. The normalized spacial score (nSPS) is 27.4. The summed E-state index contributed by atoms with van der Waals surface area (Å²) < 4.78 is 0. The van der Waals surface area contributed by atoms with E-state index in [1.54, 1.807) is 0 Å². The zero-order chi connectivity index (χ0) is 12.7. The van der Waals surface area contributed by atoms with Crippen LogP contribution in [0.25, 0.3) is 0 Å². The third kappa shape index (κ3) is 1.83. The molecule has 0 spiro atoms. The van der Waals surface area contributed by atoms with E-state index >= 15 is 0 Å². The molecule has 3 rings (SSSR count). The van der Waals surface area contributed by atoms with Crippen LogP contribution in [0.2, 0.25) is 0 Å². The summed E-state index contributed by atoms with van der Waals surface area (Å²) >= 11 is 0. The Morgan fingerprint density at radius 3 is 2.94 bits per heavy atom. The minimum absolute atomic E-state index is 0.311. The predicted molar refractivity (Wildman–Crippen MR) is 71.4 cm³/mol. The molecule has 3 heteroatoms. The smallest absolute Gasteiger partial charge is 0.223 e. The molecule has 2 fully saturated rings. The van der Waals surface area contributed by atoms with Gasteiger partial charge in [-0.15, -0.1) is 0 Å². The second-order valence-electron chi connectivity index (χ2n) is 5.48. The molecule has 2 heterocycles. The molecule has 1 aromatic carbocycles. The third-order valence-electron chi connectivity index (χ3n) is 4.24. The van der Waals surface area contributed by atoms with Gasteiger partial charge in [0.2, 0.25) is 5.91 Å². The summed E-state index contributed by atoms with van der Waals surface area (Å²) in [7, 11) is 0. The Morgan fingerprint density at radius 1 is 1.33 bits per heavy atom. The molecule has 1 unspecified atom stereocenters. The van der Waals surface area contributed by atoms with Crippen molar-refractivity contribution in [2.45, 2.75) is 38.8 Å². The number of benzene rings is 1. The van der Waals surface area contributed by atoms with Crippen molar-refractivity contribution in [1.29, 1.82) is 0 Å². The van der Waals surface area contributed by atoms with E-state index in [9.17, 15) is 4.79 Å². The van der Waals surface area contributed by atoms with Crippen molar-refractivity contribution in [3.05, 3.63) is 34.9 Å². The summed E-state index contributed by atoms with van der Waals surface area (Å²) in [5.41, 5.74) is 3.98. The topological polar surface area (TPSA) is 32.3 Å². The average molecular weight is 244 g/mol. The first-order valence-corrected chi connectivity index (χ1v) is 6.77. The fourth-order valence-corrected chi connectivity index (χ4v) is 3.36. The maximum atomic E-state index is 11.8. The number of nitrogens with one attached hydrogen (secondary N) is 1. The standard InChI is InChI=1S/C15H20N2O/c1-10-3-4-12(11(2)9-10)15-13-5-6-14(18)17(13)8-7-16-15/h3-4,9,13,15-16H,5-8H2,1-2H3/t13?,15-/m0/s1. The molecule has 96 valence electrons. The van der Waals surface area contributed by atoms with Gasteiger partial charge in [0.05, 0.1) is 12.1 Å². The van der Waals surface area contributed by atoms with Crippen LogP contribution in [0, 0.1) is 13.8 Å². The lowest BCUT2D eigenvalue weighted by atomic mass is 9.91. The number of fused-ring (bicyclic) bond motifs is 1. The van der Waals surface area contributed by atoms with E-state index in [1.165, 1.54) is 16.7 Å². The molecule has 0 bridgehead atoms. The molecule has 2 atom stereocenters. The van der Waals surface area contributed by atoms with Crippen LogP contribution < -0.4 is 5.32 Å². The van der Waals surface area contributed by atoms with Crippen LogP contribution in [0.5, 0.6) is 0 Å². The van der Waals surface area contributed by atoms with Gasteiger partial charge in [0.15, 0.2) is 0 Å². The molecule has 0 radical (unpaired) electrons. The number of rotatable bonds is 1. The molecule has 0 aromatic heterocycles. The fourth-order valence-electron chi connectivity index (χ4n) is 3.36. The van der Waals surface area contributed by atoms with Crippen molar-refractivity contribution in [3.63, 3.8) is 0 Å². The molecule has 2 aliphatic heterocycles. The number of hydrogen-bond acceptors (Lipinski definition) is 2. The number of nitrogens with zero attached hydrogens (tertiary/aromatic N) is 1. The Hall–Kier alpha value is -1.35. The van der Waals surface area contributed by atoms with Crippen LogP contribution >= 0.6 is 0 Å². The van der Waals surface area contributed by atoms with Crippen LogP contribution in [-0.2, 0) is 4.79 Å². The number of piperazine rings is 1. The molecular formula is C15H20N2O. The monoisotopic (exact) mass is 244 g/mol. The number of hydrogen-bond donors (Lipinski definition) is 1. The lowest BCUT2D eigenvalue weighted by Gasteiger charge is -2.38. The van der Waals surface area contributed by atoms with Gasteiger partial charge in [0.25, 0.3) is 0 Å². The van der Waals surface area contributed by atoms with Crippen molar-refractivity contribution in [2.75, 3.05) is 13.1 Å². The van der Waals surface area contributed by atoms with Gasteiger partial charge in [0, 0.05) is 19.5 Å². The molecule has 1 amide bonds. The van der Waals surface area contributed by atoms with E-state index in [2.05, 4.69) is 42.3 Å². The molecular weight excluding hydrogens is 224 g/mol. The lowest BCUT2D eigenvalue weighted by molar-refractivity contribution is -0.130. The van der Waals surface area contributed by atoms with Gasteiger partial charge < -0.3 is 10.2 Å². The van der Waals surface area contributed by atoms with E-state index in [0.717, 1.165) is 19.5 Å². The van der Waals surface area contributed by atoms with E-state index < -0.39 is 0 Å². The first-order valence-electron chi connectivity index (χ1n) is 6.77. The number of aryl methyl sites for hydroxylation is 2. The number of carbonyl (C=O) groups is 1. The van der Waals surface area contributed by atoms with Gasteiger partial charge in [-0.3, -0.25) is 4.79 Å². The maximum absolute atomic E-state index is 11.8. The van der Waals surface area contributed by atoms with E-state index in [-0.39, 0.29) is 0 Å². The highest BCUT2D eigenvalue weighted by atomic mass is 16.2. The van der Waals surface area contributed by atoms with Crippen LogP contribution in [0.15, 0.2) is 18.2 Å². The predicted octanol–water partition coefficient (Wildman–Crippen LogP) is 1.94. The second kappa shape index (κ2) is 4.39. The zero-order valence-corrected chi connectivity index (χ0v) is 11.1. The second-order valence-corrected chi connectivity index (χ2v) is 5.48. The Morgan fingerprint density at radius 2 is 2.17 bits per heavy atom. The Balaban J connectivity index is 1.93. The largest absolute Gasteiger partial charge is 0.337 e. The fraction of sp³-hybridized carbons (Fsp3) is 0.533. The molecule has 1 aromatic rings. The van der Waals surface area contributed by atoms with Gasteiger partial charge >= 0.3 is 0 Å². The first kappa shape index (κ1) is 11.7. The molecule has 1 N–H and O–H groups in total. The molecule has 3 nitrogen and oxygen atoms in total. The third-order valence-corrected chi connectivity index (χ3v) is 4.24. The van der Waals surface area contributed by atoms with Crippen LogP contribution in [-0.4, -0.2) is 29.9 Å². The molecule has 18 heavy (non-hydrogen) atoms. The number of amides is 1. The van der Waals surface area contributed by atoms with Crippen molar-refractivity contribution in [3.8, 4) is 0 Å². The molecule has 2 saturated heterocycles. The SMILES string of the molecule is Cc1ccc([C@@H]2NCCN3C(=O)CCC23)c(C)c1. The van der Waals surface area contributed by atoms with Gasteiger partial charge in [-0.25, -0.2) is 0 Å². The lowest BCUT2D eigenvalue weighted by Crippen LogP contribution is -2.51. The van der Waals surface area contributed by atoms with Crippen molar-refractivity contribution >= 4 is 5.91 Å². The average Bonchev–Trinajstić information content (AvgIpc) is 2.72. The van der Waals surface area contributed by atoms with Crippen molar-refractivity contribution in [2.24, 2.45) is 0 Å². The zero-order valence-electron chi connectivity index (χ0n) is 11.1. The maximum Gasteiger partial charge on any atom is 0.223 e. The van der Waals surface area contributed by atoms with Crippen molar-refractivity contribution in [1.82, 2.24) is 10.2 Å². The minimum Gasteiger partial charge on any atom is -0.337 e. The van der Waals surface area contributed by atoms with Crippen LogP contribution in [0.3, 0.4) is 0 Å². The molecule has 0 aliphatic carbocycles. The molecule has 2 aliphatic rings. The van der Waals surface area contributed by atoms with Gasteiger partial charge in [0.1, 0.15) is 0 Å². The van der Waals surface area contributed by atoms with Gasteiger partial charge in [-0.1, -0.05) is 23.8 Å². The number of carbonyl (C=O) groups excluding carboxylic acids is 1. The highest BCUT2D eigenvalue weighted by Crippen LogP contribution is 2.33. The Labute approximate surface area is 108 Å². The van der Waals surface area contributed by atoms with Gasteiger partial charge in [-0.05, 0) is 31.4 Å². The summed E-state index contributed by atoms with van der Waals surface area (Å²) in [6.45, 7) is 6.06. The van der Waals surface area contributed by atoms with Gasteiger partial charge in [-0.2, -0.15) is 0 Å². The van der Waals surface area contributed by atoms with E-state index in [4.69, 9.17) is 0 Å². The van der Waals surface area contributed by atoms with E-state index in [0.29, 0.717) is 24.4 Å². The summed E-state index contributed by atoms with van der Waals surface area (Å²) in [4.78, 5) is 13.9. The summed E-state index contributed by atoms with van der Waals surface area (Å²) in [6, 6.07) is 7.28. The Bertz CT molecular complexity index is 483.